The molecule has 1 aromatic carbocycles. The molecule has 0 saturated carbocycles. The Labute approximate surface area is 236 Å². The van der Waals surface area contributed by atoms with Crippen LogP contribution in [-0.2, 0) is 38.1 Å². The predicted octanol–water partition coefficient (Wildman–Crippen LogP) is 8.82. The fourth-order valence-electron chi connectivity index (χ4n) is 4.57. The lowest BCUT2D eigenvalue weighted by Crippen LogP contribution is -2.33. The van der Waals surface area contributed by atoms with Gasteiger partial charge in [0.2, 0.25) is 11.6 Å². The molecule has 9 nitrogen and oxygen atoms in total. The molecule has 0 radical (unpaired) electrons. The zero-order chi connectivity index (χ0) is 29.3. The van der Waals surface area contributed by atoms with E-state index < -0.39 is 28.0 Å². The zero-order valence-electron chi connectivity index (χ0n) is 25.3. The van der Waals surface area contributed by atoms with Gasteiger partial charge >= 0.3 is 16.4 Å². The minimum Gasteiger partial charge on any atom is -0.462 e. The summed E-state index contributed by atoms with van der Waals surface area (Å²) in [5, 5.41) is 0. The first-order chi connectivity index (χ1) is 18.3. The minimum absolute atomic E-state index is 0.0445. The number of rotatable bonds is 17. The quantitative estimate of drug-likeness (QED) is 0.0764. The predicted molar refractivity (Wildman–Crippen MR) is 154 cm³/mol. The first kappa shape index (κ1) is 34.2. The molecule has 224 valence electrons. The van der Waals surface area contributed by atoms with E-state index in [2.05, 4.69) is 26.0 Å². The van der Waals surface area contributed by atoms with E-state index in [-0.39, 0.29) is 5.92 Å². The van der Waals surface area contributed by atoms with Crippen molar-refractivity contribution in [3.63, 3.8) is 0 Å². The van der Waals surface area contributed by atoms with Gasteiger partial charge in [0, 0.05) is 67.6 Å². The molecule has 11 heteroatoms. The molecule has 0 saturated heterocycles. The second-order valence-corrected chi connectivity index (χ2v) is 13.7. The molecule has 2 rings (SSSR count). The first-order valence-electron chi connectivity index (χ1n) is 13.5. The van der Waals surface area contributed by atoms with Crippen molar-refractivity contribution in [2.75, 3.05) is 28.4 Å². The van der Waals surface area contributed by atoms with Gasteiger partial charge in [-0.15, -0.1) is 0 Å². The highest BCUT2D eigenvalue weighted by Gasteiger charge is 2.37. The summed E-state index contributed by atoms with van der Waals surface area (Å²) in [6, 6.07) is 4.11. The van der Waals surface area contributed by atoms with E-state index in [1.54, 1.807) is 13.8 Å². The van der Waals surface area contributed by atoms with Gasteiger partial charge in [-0.1, -0.05) is 31.4 Å². The summed E-state index contributed by atoms with van der Waals surface area (Å²) in [6.07, 6.45) is 9.39. The molecule has 0 aliphatic heterocycles. The molecule has 0 spiro atoms. The van der Waals surface area contributed by atoms with Gasteiger partial charge in [-0.05, 0) is 56.7 Å². The van der Waals surface area contributed by atoms with Crippen LogP contribution < -0.4 is 9.47 Å². The van der Waals surface area contributed by atoms with Gasteiger partial charge in [0.05, 0.1) is 0 Å². The van der Waals surface area contributed by atoms with Crippen LogP contribution in [0.25, 0.3) is 0 Å². The van der Waals surface area contributed by atoms with E-state index in [0.717, 1.165) is 56.1 Å². The number of hydrogen-bond acceptors (Lipinski definition) is 9. The highest BCUT2D eigenvalue weighted by atomic mass is 31.2. The summed E-state index contributed by atoms with van der Waals surface area (Å²) in [5.74, 6) is -1.11. The van der Waals surface area contributed by atoms with Crippen molar-refractivity contribution in [2.45, 2.75) is 104 Å². The molecule has 0 bridgehead atoms. The molecule has 0 aromatic heterocycles. The van der Waals surface area contributed by atoms with Gasteiger partial charge in [0.25, 0.3) is 0 Å². The lowest BCUT2D eigenvalue weighted by atomic mass is 9.84. The molecule has 0 fully saturated rings. The SMILES string of the molecule is CCCCCc1cc(OC(C)(C)OP(OC)OC)c(C2C=C(C)CCC2)c(OC(C)(C)OP(=O)(OC)OC)c1. The highest BCUT2D eigenvalue weighted by molar-refractivity contribution is 7.48. The Kier molecular flexibility index (Phi) is 13.4. The number of allylic oxidation sites excluding steroid dienone is 2. The molecular weight excluding hydrogens is 542 g/mol. The Balaban J connectivity index is 2.65. The maximum absolute atomic E-state index is 12.8. The smallest absolute Gasteiger partial charge is 0.462 e. The van der Waals surface area contributed by atoms with E-state index in [1.807, 2.05) is 19.9 Å². The number of phosphoric ester groups is 1. The zero-order valence-corrected chi connectivity index (χ0v) is 27.1. The molecule has 0 N–H and O–H groups in total. The van der Waals surface area contributed by atoms with Crippen molar-refractivity contribution >= 4 is 16.4 Å². The third-order valence-electron chi connectivity index (χ3n) is 6.26. The summed E-state index contributed by atoms with van der Waals surface area (Å²) < 4.78 is 58.3. The average Bonchev–Trinajstić information content (AvgIpc) is 2.86. The fraction of sp³-hybridized carbons (Fsp3) is 0.714. The molecule has 0 heterocycles. The summed E-state index contributed by atoms with van der Waals surface area (Å²) >= 11 is 0. The van der Waals surface area contributed by atoms with Crippen LogP contribution in [0, 0.1) is 0 Å². The largest absolute Gasteiger partial charge is 0.477 e. The maximum atomic E-state index is 12.8. The van der Waals surface area contributed by atoms with E-state index >= 15 is 0 Å². The molecule has 0 amide bonds. The van der Waals surface area contributed by atoms with Crippen molar-refractivity contribution < 1.29 is 41.2 Å². The minimum atomic E-state index is -3.81. The van der Waals surface area contributed by atoms with Gasteiger partial charge in [0.1, 0.15) is 11.5 Å². The number of hydrogen-bond donors (Lipinski definition) is 0. The van der Waals surface area contributed by atoms with Crippen LogP contribution in [0.15, 0.2) is 23.8 Å². The van der Waals surface area contributed by atoms with Gasteiger partial charge in [-0.2, -0.15) is 0 Å². The Bertz CT molecular complexity index is 981. The van der Waals surface area contributed by atoms with Crippen molar-refractivity contribution in [1.82, 2.24) is 0 Å². The van der Waals surface area contributed by atoms with Gasteiger partial charge < -0.3 is 18.5 Å². The number of unbranched alkanes of at least 4 members (excludes halogenated alkanes) is 2. The Hall–Kier alpha value is -1.02. The van der Waals surface area contributed by atoms with Crippen LogP contribution in [0.2, 0.25) is 0 Å². The molecule has 1 atom stereocenters. The van der Waals surface area contributed by atoms with Crippen molar-refractivity contribution in [3.05, 3.63) is 34.9 Å². The molecule has 1 aliphatic rings. The van der Waals surface area contributed by atoms with Crippen LogP contribution in [0.1, 0.15) is 97.1 Å². The summed E-state index contributed by atoms with van der Waals surface area (Å²) in [5.41, 5.74) is 3.25. The van der Waals surface area contributed by atoms with Crippen LogP contribution in [0.3, 0.4) is 0 Å². The summed E-state index contributed by atoms with van der Waals surface area (Å²) in [4.78, 5) is 0. The number of benzene rings is 1. The van der Waals surface area contributed by atoms with Gasteiger partial charge in [-0.3, -0.25) is 13.6 Å². The highest BCUT2D eigenvalue weighted by Crippen LogP contribution is 2.53. The second-order valence-electron chi connectivity index (χ2n) is 10.6. The lowest BCUT2D eigenvalue weighted by molar-refractivity contribution is -0.102. The fourth-order valence-corrected chi connectivity index (χ4v) is 6.13. The van der Waals surface area contributed by atoms with Crippen molar-refractivity contribution in [1.29, 1.82) is 0 Å². The van der Waals surface area contributed by atoms with Crippen LogP contribution in [0.4, 0.5) is 0 Å². The van der Waals surface area contributed by atoms with E-state index in [9.17, 15) is 4.57 Å². The normalized spacial score (nSPS) is 16.9. The standard InChI is InChI=1S/C28H48O9P2/c1-11-12-13-16-22-19-24(34-27(3,4)36-38(30-7)31-8)26(23-17-14-15-21(2)18-23)25(20-22)35-28(5,6)37-39(29,32-9)33-10/h18-20,23H,11-17H2,1-10H3. The monoisotopic (exact) mass is 590 g/mol. The summed E-state index contributed by atoms with van der Waals surface area (Å²) in [6.45, 7) is 11.4. The van der Waals surface area contributed by atoms with Gasteiger partial charge in [-0.25, -0.2) is 9.09 Å². The summed E-state index contributed by atoms with van der Waals surface area (Å²) in [7, 11) is 0.223. The van der Waals surface area contributed by atoms with Crippen molar-refractivity contribution in [2.24, 2.45) is 0 Å². The van der Waals surface area contributed by atoms with Crippen LogP contribution in [0.5, 0.6) is 11.5 Å². The third kappa shape index (κ3) is 10.7. The molecule has 1 aromatic rings. The molecule has 1 unspecified atom stereocenters. The molecule has 39 heavy (non-hydrogen) atoms. The Morgan fingerprint density at radius 3 is 2.05 bits per heavy atom. The molecular formula is C28H48O9P2. The number of phosphoric acid groups is 1. The average molecular weight is 591 g/mol. The van der Waals surface area contributed by atoms with Gasteiger partial charge in [0.15, 0.2) is 0 Å². The number of ether oxygens (including phenoxy) is 2. The maximum Gasteiger partial charge on any atom is 0.477 e. The second kappa shape index (κ2) is 15.3. The van der Waals surface area contributed by atoms with E-state index in [4.69, 9.17) is 36.6 Å². The van der Waals surface area contributed by atoms with Crippen molar-refractivity contribution in [3.8, 4) is 11.5 Å². The van der Waals surface area contributed by atoms with Crippen LogP contribution in [-0.4, -0.2) is 40.0 Å². The lowest BCUT2D eigenvalue weighted by Gasteiger charge is -2.34. The number of aryl methyl sites for hydroxylation is 1. The Morgan fingerprint density at radius 1 is 0.949 bits per heavy atom. The topological polar surface area (TPSA) is 90.9 Å². The Morgan fingerprint density at radius 2 is 1.54 bits per heavy atom. The van der Waals surface area contributed by atoms with E-state index in [1.165, 1.54) is 34.0 Å². The molecule has 1 aliphatic carbocycles. The van der Waals surface area contributed by atoms with Crippen LogP contribution >= 0.6 is 16.4 Å². The van der Waals surface area contributed by atoms with E-state index in [0.29, 0.717) is 11.5 Å². The first-order valence-corrected chi connectivity index (χ1v) is 16.1. The third-order valence-corrected chi connectivity index (χ3v) is 9.00.